The first-order valence-electron chi connectivity index (χ1n) is 5.08. The third-order valence-corrected chi connectivity index (χ3v) is 1.91. The molecule has 0 aromatic carbocycles. The van der Waals surface area contributed by atoms with Gasteiger partial charge in [0.05, 0.1) is 14.2 Å². The second-order valence-electron chi connectivity index (χ2n) is 2.96. The first-order valence-corrected chi connectivity index (χ1v) is 5.08. The molecule has 1 amide bonds. The SMILES string of the molecule is C=CC(OC)=C(C=CCCCNC=O)OC. The van der Waals surface area contributed by atoms with Gasteiger partial charge in [-0.2, -0.15) is 0 Å². The lowest BCUT2D eigenvalue weighted by atomic mass is 10.2. The van der Waals surface area contributed by atoms with Crippen molar-refractivity contribution in [3.8, 4) is 0 Å². The normalized spacial score (nSPS) is 11.9. The van der Waals surface area contributed by atoms with Gasteiger partial charge in [-0.1, -0.05) is 12.7 Å². The molecule has 0 aromatic heterocycles. The van der Waals surface area contributed by atoms with Gasteiger partial charge >= 0.3 is 0 Å². The minimum Gasteiger partial charge on any atom is -0.493 e. The number of nitrogens with one attached hydrogen (secondary N) is 1. The van der Waals surface area contributed by atoms with Crippen LogP contribution in [0.5, 0.6) is 0 Å². The van der Waals surface area contributed by atoms with E-state index in [-0.39, 0.29) is 0 Å². The zero-order valence-corrected chi connectivity index (χ0v) is 9.86. The third kappa shape index (κ3) is 5.90. The lowest BCUT2D eigenvalue weighted by Crippen LogP contribution is -2.11. The van der Waals surface area contributed by atoms with Gasteiger partial charge in [-0.25, -0.2) is 0 Å². The molecule has 0 fully saturated rings. The Kier molecular flexibility index (Phi) is 8.78. The fourth-order valence-corrected chi connectivity index (χ4v) is 1.11. The van der Waals surface area contributed by atoms with Crippen LogP contribution >= 0.6 is 0 Å². The molecule has 0 saturated heterocycles. The maximum atomic E-state index is 9.97. The van der Waals surface area contributed by atoms with E-state index < -0.39 is 0 Å². The number of ether oxygens (including phenoxy) is 2. The number of methoxy groups -OCH3 is 2. The van der Waals surface area contributed by atoms with E-state index >= 15 is 0 Å². The summed E-state index contributed by atoms with van der Waals surface area (Å²) < 4.78 is 10.2. The largest absolute Gasteiger partial charge is 0.493 e. The van der Waals surface area contributed by atoms with Gasteiger partial charge in [-0.3, -0.25) is 4.79 Å². The smallest absolute Gasteiger partial charge is 0.207 e. The standard InChI is InChI=1S/C12H19NO3/c1-4-11(15-2)12(16-3)8-6-5-7-9-13-10-14/h4,6,8,10H,1,5,7,9H2,2-3H3,(H,13,14). The predicted octanol–water partition coefficient (Wildman–Crippen LogP) is 1.76. The molecule has 0 aromatic rings. The highest BCUT2D eigenvalue weighted by molar-refractivity contribution is 5.45. The Labute approximate surface area is 96.6 Å². The van der Waals surface area contributed by atoms with Gasteiger partial charge in [-0.05, 0) is 25.0 Å². The van der Waals surface area contributed by atoms with Gasteiger partial charge in [0.25, 0.3) is 0 Å². The highest BCUT2D eigenvalue weighted by Crippen LogP contribution is 2.09. The first kappa shape index (κ1) is 14.3. The van der Waals surface area contributed by atoms with Gasteiger partial charge in [0.1, 0.15) is 0 Å². The summed E-state index contributed by atoms with van der Waals surface area (Å²) in [6.07, 6.45) is 7.85. The highest BCUT2D eigenvalue weighted by Gasteiger charge is 1.99. The van der Waals surface area contributed by atoms with Crippen molar-refractivity contribution in [2.45, 2.75) is 12.8 Å². The van der Waals surface area contributed by atoms with E-state index in [1.807, 2.05) is 12.2 Å². The summed E-state index contributed by atoms with van der Waals surface area (Å²) in [5, 5.41) is 2.60. The summed E-state index contributed by atoms with van der Waals surface area (Å²) >= 11 is 0. The second kappa shape index (κ2) is 9.83. The molecule has 0 heterocycles. The summed E-state index contributed by atoms with van der Waals surface area (Å²) in [5.74, 6) is 1.24. The van der Waals surface area contributed by atoms with Gasteiger partial charge < -0.3 is 14.8 Å². The molecule has 1 N–H and O–H groups in total. The van der Waals surface area contributed by atoms with Gasteiger partial charge in [-0.15, -0.1) is 0 Å². The summed E-state index contributed by atoms with van der Waals surface area (Å²) in [6.45, 7) is 4.30. The molecular formula is C12H19NO3. The van der Waals surface area contributed by atoms with Gasteiger partial charge in [0, 0.05) is 6.54 Å². The Hall–Kier alpha value is -1.71. The van der Waals surface area contributed by atoms with Crippen LogP contribution in [0.3, 0.4) is 0 Å². The van der Waals surface area contributed by atoms with Crippen LogP contribution in [0.25, 0.3) is 0 Å². The molecular weight excluding hydrogens is 206 g/mol. The fourth-order valence-electron chi connectivity index (χ4n) is 1.11. The minimum atomic E-state index is 0.602. The Balaban J connectivity index is 4.11. The third-order valence-electron chi connectivity index (χ3n) is 1.91. The van der Waals surface area contributed by atoms with Crippen LogP contribution in [0.4, 0.5) is 0 Å². The van der Waals surface area contributed by atoms with E-state index in [4.69, 9.17) is 9.47 Å². The zero-order chi connectivity index (χ0) is 12.2. The molecule has 0 unspecified atom stereocenters. The topological polar surface area (TPSA) is 47.6 Å². The van der Waals surface area contributed by atoms with E-state index in [1.54, 1.807) is 20.3 Å². The van der Waals surface area contributed by atoms with Crippen molar-refractivity contribution >= 4 is 6.41 Å². The molecule has 0 atom stereocenters. The molecule has 0 aliphatic heterocycles. The van der Waals surface area contributed by atoms with Crippen LogP contribution in [-0.4, -0.2) is 27.2 Å². The van der Waals surface area contributed by atoms with Crippen molar-refractivity contribution in [1.29, 1.82) is 0 Å². The van der Waals surface area contributed by atoms with E-state index in [0.29, 0.717) is 24.5 Å². The van der Waals surface area contributed by atoms with Crippen LogP contribution in [0, 0.1) is 0 Å². The molecule has 0 aliphatic carbocycles. The number of amides is 1. The Morgan fingerprint density at radius 2 is 2.00 bits per heavy atom. The van der Waals surface area contributed by atoms with Gasteiger partial charge in [0.15, 0.2) is 11.5 Å². The maximum Gasteiger partial charge on any atom is 0.207 e. The van der Waals surface area contributed by atoms with E-state index in [2.05, 4.69) is 11.9 Å². The number of rotatable bonds is 9. The first-order chi connectivity index (χ1) is 7.79. The quantitative estimate of drug-likeness (QED) is 0.281. The summed E-state index contributed by atoms with van der Waals surface area (Å²) in [4.78, 5) is 9.97. The summed E-state index contributed by atoms with van der Waals surface area (Å²) in [5.41, 5.74) is 0. The predicted molar refractivity (Wildman–Crippen MR) is 63.7 cm³/mol. The Bertz CT molecular complexity index is 269. The number of carbonyl (C=O) groups excluding carboxylic acids is 1. The molecule has 0 spiro atoms. The monoisotopic (exact) mass is 225 g/mol. The lowest BCUT2D eigenvalue weighted by molar-refractivity contribution is -0.109. The molecule has 0 radical (unpaired) electrons. The minimum absolute atomic E-state index is 0.602. The number of carbonyl (C=O) groups is 1. The number of allylic oxidation sites excluding steroid dienone is 3. The molecule has 4 nitrogen and oxygen atoms in total. The molecule has 90 valence electrons. The van der Waals surface area contributed by atoms with Crippen LogP contribution < -0.4 is 5.32 Å². The van der Waals surface area contributed by atoms with E-state index in [1.165, 1.54) is 0 Å². The molecule has 0 rings (SSSR count). The lowest BCUT2D eigenvalue weighted by Gasteiger charge is -2.05. The molecule has 0 aliphatic rings. The number of unbranched alkanes of at least 4 members (excludes halogenated alkanes) is 1. The van der Waals surface area contributed by atoms with Crippen LogP contribution in [-0.2, 0) is 14.3 Å². The summed E-state index contributed by atoms with van der Waals surface area (Å²) in [6, 6.07) is 0. The highest BCUT2D eigenvalue weighted by atomic mass is 16.5. The summed E-state index contributed by atoms with van der Waals surface area (Å²) in [7, 11) is 3.15. The number of hydrogen-bond acceptors (Lipinski definition) is 3. The maximum absolute atomic E-state index is 9.97. The average Bonchev–Trinajstić information content (AvgIpc) is 2.32. The van der Waals surface area contributed by atoms with Crippen molar-refractivity contribution in [1.82, 2.24) is 5.32 Å². The van der Waals surface area contributed by atoms with Crippen molar-refractivity contribution in [2.75, 3.05) is 20.8 Å². The second-order valence-corrected chi connectivity index (χ2v) is 2.96. The average molecular weight is 225 g/mol. The van der Waals surface area contributed by atoms with E-state index in [0.717, 1.165) is 12.8 Å². The molecule has 16 heavy (non-hydrogen) atoms. The van der Waals surface area contributed by atoms with Crippen molar-refractivity contribution in [3.63, 3.8) is 0 Å². The Morgan fingerprint density at radius 3 is 2.50 bits per heavy atom. The van der Waals surface area contributed by atoms with Crippen molar-refractivity contribution in [3.05, 3.63) is 36.3 Å². The van der Waals surface area contributed by atoms with Gasteiger partial charge in [0.2, 0.25) is 6.41 Å². The molecule has 4 heteroatoms. The zero-order valence-electron chi connectivity index (χ0n) is 9.86. The number of hydrogen-bond donors (Lipinski definition) is 1. The van der Waals surface area contributed by atoms with Crippen molar-refractivity contribution in [2.24, 2.45) is 0 Å². The molecule has 0 bridgehead atoms. The molecule has 0 saturated carbocycles. The Morgan fingerprint density at radius 1 is 1.31 bits per heavy atom. The fraction of sp³-hybridized carbons (Fsp3) is 0.417. The van der Waals surface area contributed by atoms with Crippen LogP contribution in [0.15, 0.2) is 36.3 Å². The van der Waals surface area contributed by atoms with Crippen LogP contribution in [0.1, 0.15) is 12.8 Å². The van der Waals surface area contributed by atoms with Crippen LogP contribution in [0.2, 0.25) is 0 Å². The van der Waals surface area contributed by atoms with E-state index in [9.17, 15) is 4.79 Å². The van der Waals surface area contributed by atoms with Crippen molar-refractivity contribution < 1.29 is 14.3 Å².